The summed E-state index contributed by atoms with van der Waals surface area (Å²) in [7, 11) is -3.64. The van der Waals surface area contributed by atoms with E-state index in [1.165, 1.54) is 12.4 Å². The minimum Gasteiger partial charge on any atom is -0.330 e. The van der Waals surface area contributed by atoms with Crippen LogP contribution in [0.15, 0.2) is 35.6 Å². The average Bonchev–Trinajstić information content (AvgIpc) is 2.88. The van der Waals surface area contributed by atoms with Crippen LogP contribution in [0.5, 0.6) is 0 Å². The number of pyridine rings is 1. The molecule has 0 fully saturated rings. The van der Waals surface area contributed by atoms with Gasteiger partial charge in [0, 0.05) is 18.9 Å². The van der Waals surface area contributed by atoms with E-state index in [-0.39, 0.29) is 4.90 Å². The lowest BCUT2D eigenvalue weighted by atomic mass is 10.3. The molecule has 2 aromatic rings. The van der Waals surface area contributed by atoms with Crippen molar-refractivity contribution in [3.05, 3.63) is 36.4 Å². The first-order valence-corrected chi connectivity index (χ1v) is 7.68. The number of rotatable bonds is 6. The second kappa shape index (κ2) is 6.02. The Morgan fingerprint density at radius 1 is 1.45 bits per heavy atom. The van der Waals surface area contributed by atoms with Gasteiger partial charge in [0.2, 0.25) is 0 Å². The summed E-state index contributed by atoms with van der Waals surface area (Å²) in [5.41, 5.74) is 6.49. The topological polar surface area (TPSA) is 103 Å². The van der Waals surface area contributed by atoms with Crippen LogP contribution in [0.1, 0.15) is 12.1 Å². The maximum atomic E-state index is 12.2. The van der Waals surface area contributed by atoms with Crippen molar-refractivity contribution in [1.82, 2.24) is 14.8 Å². The number of nitrogens with one attached hydrogen (secondary N) is 1. The molecule has 2 rings (SSSR count). The lowest BCUT2D eigenvalue weighted by molar-refractivity contribution is 0.582. The van der Waals surface area contributed by atoms with Gasteiger partial charge in [-0.05, 0) is 32.0 Å². The van der Waals surface area contributed by atoms with E-state index in [2.05, 4.69) is 14.8 Å². The van der Waals surface area contributed by atoms with E-state index in [1.807, 2.05) is 0 Å². The van der Waals surface area contributed by atoms with Crippen LogP contribution in [0.2, 0.25) is 0 Å². The molecular formula is C12H17N5O2S. The molecule has 0 aliphatic carbocycles. The molecular weight excluding hydrogens is 278 g/mol. The van der Waals surface area contributed by atoms with Gasteiger partial charge in [-0.1, -0.05) is 0 Å². The molecule has 0 saturated carbocycles. The summed E-state index contributed by atoms with van der Waals surface area (Å²) in [6, 6.07) is 3.34. The molecule has 0 bridgehead atoms. The van der Waals surface area contributed by atoms with Crippen LogP contribution in [0.25, 0.3) is 0 Å². The highest BCUT2D eigenvalue weighted by atomic mass is 32.2. The zero-order valence-electron chi connectivity index (χ0n) is 11.2. The highest BCUT2D eigenvalue weighted by Gasteiger charge is 2.17. The van der Waals surface area contributed by atoms with E-state index in [0.29, 0.717) is 24.5 Å². The SMILES string of the molecule is Cc1ncccc1NS(=O)(=O)c1cnn(CCCN)c1. The Balaban J connectivity index is 2.18. The minimum atomic E-state index is -3.64. The fraction of sp³-hybridized carbons (Fsp3) is 0.333. The largest absolute Gasteiger partial charge is 0.330 e. The van der Waals surface area contributed by atoms with Crippen LogP contribution in [0.4, 0.5) is 5.69 Å². The first kappa shape index (κ1) is 14.5. The molecule has 0 radical (unpaired) electrons. The molecule has 0 saturated heterocycles. The summed E-state index contributed by atoms with van der Waals surface area (Å²) in [6.45, 7) is 2.87. The third kappa shape index (κ3) is 3.34. The van der Waals surface area contributed by atoms with Crippen LogP contribution in [-0.2, 0) is 16.6 Å². The Hall–Kier alpha value is -1.93. The molecule has 20 heavy (non-hydrogen) atoms. The van der Waals surface area contributed by atoms with Gasteiger partial charge in [0.15, 0.2) is 0 Å². The van der Waals surface area contributed by atoms with Gasteiger partial charge >= 0.3 is 0 Å². The van der Waals surface area contributed by atoms with E-state index in [4.69, 9.17) is 5.73 Å². The fourth-order valence-electron chi connectivity index (χ4n) is 1.65. The molecule has 3 N–H and O–H groups in total. The summed E-state index contributed by atoms with van der Waals surface area (Å²) >= 11 is 0. The maximum absolute atomic E-state index is 12.2. The van der Waals surface area contributed by atoms with Gasteiger partial charge in [0.05, 0.1) is 17.6 Å². The molecule has 2 heterocycles. The smallest absolute Gasteiger partial charge is 0.265 e. The van der Waals surface area contributed by atoms with Gasteiger partial charge in [0.25, 0.3) is 10.0 Å². The van der Waals surface area contributed by atoms with Crippen molar-refractivity contribution in [2.24, 2.45) is 5.73 Å². The molecule has 108 valence electrons. The van der Waals surface area contributed by atoms with Crippen molar-refractivity contribution in [2.45, 2.75) is 24.8 Å². The second-order valence-corrected chi connectivity index (χ2v) is 6.01. The zero-order chi connectivity index (χ0) is 14.6. The number of aryl methyl sites for hydroxylation is 2. The normalized spacial score (nSPS) is 11.5. The number of sulfonamides is 1. The summed E-state index contributed by atoms with van der Waals surface area (Å²) in [5.74, 6) is 0. The van der Waals surface area contributed by atoms with E-state index in [0.717, 1.165) is 6.42 Å². The van der Waals surface area contributed by atoms with Crippen molar-refractivity contribution >= 4 is 15.7 Å². The predicted octanol–water partition coefficient (Wildman–Crippen LogP) is 0.736. The standard InChI is InChI=1S/C12H17N5O2S/c1-10-12(4-2-6-14-10)16-20(18,19)11-8-15-17(9-11)7-3-5-13/h2,4,6,8-9,16H,3,5,7,13H2,1H3. The molecule has 2 aromatic heterocycles. The molecule has 0 amide bonds. The van der Waals surface area contributed by atoms with Gasteiger partial charge in [-0.15, -0.1) is 0 Å². The van der Waals surface area contributed by atoms with E-state index < -0.39 is 10.0 Å². The summed E-state index contributed by atoms with van der Waals surface area (Å²) in [4.78, 5) is 4.16. The quantitative estimate of drug-likeness (QED) is 0.818. The number of hydrogen-bond acceptors (Lipinski definition) is 5. The van der Waals surface area contributed by atoms with Crippen molar-refractivity contribution in [3.8, 4) is 0 Å². The Bertz CT molecular complexity index is 681. The lowest BCUT2D eigenvalue weighted by Crippen LogP contribution is -2.13. The van der Waals surface area contributed by atoms with Crippen molar-refractivity contribution < 1.29 is 8.42 Å². The fourth-order valence-corrected chi connectivity index (χ4v) is 2.72. The van der Waals surface area contributed by atoms with Crippen LogP contribution in [0.3, 0.4) is 0 Å². The molecule has 8 heteroatoms. The Kier molecular flexibility index (Phi) is 4.35. The van der Waals surface area contributed by atoms with Gasteiger partial charge in [-0.3, -0.25) is 14.4 Å². The zero-order valence-corrected chi connectivity index (χ0v) is 12.0. The monoisotopic (exact) mass is 295 g/mol. The minimum absolute atomic E-state index is 0.123. The number of nitrogens with two attached hydrogens (primary N) is 1. The summed E-state index contributed by atoms with van der Waals surface area (Å²) < 4.78 is 28.5. The lowest BCUT2D eigenvalue weighted by Gasteiger charge is -2.07. The number of nitrogens with zero attached hydrogens (tertiary/aromatic N) is 3. The number of hydrogen-bond donors (Lipinski definition) is 2. The Morgan fingerprint density at radius 2 is 2.25 bits per heavy atom. The number of anilines is 1. The highest BCUT2D eigenvalue weighted by molar-refractivity contribution is 7.92. The van der Waals surface area contributed by atoms with Gasteiger partial charge in [-0.25, -0.2) is 8.42 Å². The molecule has 0 unspecified atom stereocenters. The Labute approximate surface area is 117 Å². The molecule has 0 aliphatic heterocycles. The van der Waals surface area contributed by atoms with Gasteiger partial charge < -0.3 is 5.73 Å². The molecule has 7 nitrogen and oxygen atoms in total. The van der Waals surface area contributed by atoms with E-state index in [9.17, 15) is 8.42 Å². The summed E-state index contributed by atoms with van der Waals surface area (Å²) in [6.07, 6.45) is 5.17. The molecule has 0 aromatic carbocycles. The first-order chi connectivity index (χ1) is 9.53. The summed E-state index contributed by atoms with van der Waals surface area (Å²) in [5, 5.41) is 4.01. The van der Waals surface area contributed by atoms with Crippen LogP contribution >= 0.6 is 0 Å². The van der Waals surface area contributed by atoms with Crippen molar-refractivity contribution in [1.29, 1.82) is 0 Å². The number of aromatic nitrogens is 3. The predicted molar refractivity (Wildman–Crippen MR) is 75.7 cm³/mol. The third-order valence-electron chi connectivity index (χ3n) is 2.76. The van der Waals surface area contributed by atoms with E-state index >= 15 is 0 Å². The van der Waals surface area contributed by atoms with Crippen LogP contribution in [-0.4, -0.2) is 29.7 Å². The first-order valence-electron chi connectivity index (χ1n) is 6.20. The average molecular weight is 295 g/mol. The molecule has 0 aliphatic rings. The highest BCUT2D eigenvalue weighted by Crippen LogP contribution is 2.17. The second-order valence-electron chi connectivity index (χ2n) is 4.32. The van der Waals surface area contributed by atoms with E-state index in [1.54, 1.807) is 29.9 Å². The van der Waals surface area contributed by atoms with Gasteiger partial charge in [0.1, 0.15) is 4.90 Å². The maximum Gasteiger partial charge on any atom is 0.265 e. The van der Waals surface area contributed by atoms with Crippen molar-refractivity contribution in [3.63, 3.8) is 0 Å². The molecule has 0 atom stereocenters. The van der Waals surface area contributed by atoms with Crippen LogP contribution < -0.4 is 10.5 Å². The molecule has 0 spiro atoms. The van der Waals surface area contributed by atoms with Crippen molar-refractivity contribution in [2.75, 3.05) is 11.3 Å². The van der Waals surface area contributed by atoms with Gasteiger partial charge in [-0.2, -0.15) is 5.10 Å². The third-order valence-corrected chi connectivity index (χ3v) is 4.08. The Morgan fingerprint density at radius 3 is 2.95 bits per heavy atom. The van der Waals surface area contributed by atoms with Crippen LogP contribution in [0, 0.1) is 6.92 Å².